The molecule has 7 heteroatoms. The highest BCUT2D eigenvalue weighted by Crippen LogP contribution is 2.31. The highest BCUT2D eigenvalue weighted by Gasteiger charge is 2.28. The topological polar surface area (TPSA) is 62.3 Å². The van der Waals surface area contributed by atoms with Crippen LogP contribution in [-0.4, -0.2) is 28.2 Å². The van der Waals surface area contributed by atoms with Crippen LogP contribution < -0.4 is 5.32 Å². The van der Waals surface area contributed by atoms with Crippen molar-refractivity contribution in [1.29, 1.82) is 0 Å². The smallest absolute Gasteiger partial charge is 0.229 e. The number of nitrogens with zero attached hydrogens (tertiary/aromatic N) is 2. The average Bonchev–Trinajstić information content (AvgIpc) is 2.96. The Kier molecular flexibility index (Phi) is 4.96. The largest absolute Gasteiger partial charge is 0.337 e. The van der Waals surface area contributed by atoms with Crippen molar-refractivity contribution in [3.05, 3.63) is 45.4 Å². The highest BCUT2D eigenvalue weighted by atomic mass is 35.5. The van der Waals surface area contributed by atoms with Crippen LogP contribution in [-0.2, 0) is 29.0 Å². The molecule has 4 rings (SSSR count). The maximum absolute atomic E-state index is 12.6. The highest BCUT2D eigenvalue weighted by molar-refractivity contribution is 7.15. The molecule has 1 aromatic heterocycles. The molecule has 1 aromatic carbocycles. The van der Waals surface area contributed by atoms with E-state index in [1.165, 1.54) is 11.3 Å². The summed E-state index contributed by atoms with van der Waals surface area (Å²) in [7, 11) is 0. The molecule has 0 saturated heterocycles. The molecule has 2 aromatic rings. The van der Waals surface area contributed by atoms with Crippen molar-refractivity contribution < 1.29 is 9.59 Å². The van der Waals surface area contributed by atoms with Gasteiger partial charge in [-0.15, -0.1) is 0 Å². The van der Waals surface area contributed by atoms with Gasteiger partial charge in [-0.2, -0.15) is 0 Å². The molecule has 1 aliphatic heterocycles. The number of hydrogen-bond acceptors (Lipinski definition) is 4. The van der Waals surface area contributed by atoms with Crippen molar-refractivity contribution in [2.24, 2.45) is 5.92 Å². The standard InChI is InChI=1S/C19H20ClN3O2S/c20-14-7-2-1-4-13(14)10-17(24)23-9-8-15-16(11-23)26-19(21-15)22-18(25)12-5-3-6-12/h1-2,4,7,12H,3,5-6,8-11H2,(H,21,22,25). The number of amides is 2. The Balaban J connectivity index is 1.40. The van der Waals surface area contributed by atoms with E-state index in [0.717, 1.165) is 41.8 Å². The summed E-state index contributed by atoms with van der Waals surface area (Å²) in [5.41, 5.74) is 1.85. The van der Waals surface area contributed by atoms with E-state index in [-0.39, 0.29) is 17.7 Å². The maximum Gasteiger partial charge on any atom is 0.229 e. The van der Waals surface area contributed by atoms with Gasteiger partial charge < -0.3 is 10.2 Å². The predicted octanol–water partition coefficient (Wildman–Crippen LogP) is 3.66. The van der Waals surface area contributed by atoms with Gasteiger partial charge >= 0.3 is 0 Å². The van der Waals surface area contributed by atoms with E-state index in [1.807, 2.05) is 23.1 Å². The molecule has 0 atom stereocenters. The van der Waals surface area contributed by atoms with Gasteiger partial charge in [-0.1, -0.05) is 47.6 Å². The van der Waals surface area contributed by atoms with E-state index >= 15 is 0 Å². The van der Waals surface area contributed by atoms with Gasteiger partial charge in [0.05, 0.1) is 18.7 Å². The third-order valence-corrected chi connectivity index (χ3v) is 6.46. The maximum atomic E-state index is 12.6. The van der Waals surface area contributed by atoms with Crippen LogP contribution >= 0.6 is 22.9 Å². The Bertz CT molecular complexity index is 847. The van der Waals surface area contributed by atoms with Crippen molar-refractivity contribution in [3.8, 4) is 0 Å². The third-order valence-electron chi connectivity index (χ3n) is 5.09. The SMILES string of the molecule is O=C(Nc1nc2c(s1)CN(C(=O)Cc1ccccc1Cl)CC2)C1CCC1. The van der Waals surface area contributed by atoms with Crippen LogP contribution in [0.5, 0.6) is 0 Å². The van der Waals surface area contributed by atoms with Crippen molar-refractivity contribution in [1.82, 2.24) is 9.88 Å². The fourth-order valence-corrected chi connectivity index (χ4v) is 4.49. The Hall–Kier alpha value is -1.92. The summed E-state index contributed by atoms with van der Waals surface area (Å²) in [6.07, 6.45) is 4.11. The van der Waals surface area contributed by atoms with Gasteiger partial charge in [-0.25, -0.2) is 4.98 Å². The Morgan fingerprint density at radius 2 is 2.12 bits per heavy atom. The number of halogens is 1. The molecule has 5 nitrogen and oxygen atoms in total. The fraction of sp³-hybridized carbons (Fsp3) is 0.421. The average molecular weight is 390 g/mol. The van der Waals surface area contributed by atoms with Gasteiger partial charge in [0, 0.05) is 28.8 Å². The summed E-state index contributed by atoms with van der Waals surface area (Å²) < 4.78 is 0. The number of carbonyl (C=O) groups is 2. The third kappa shape index (κ3) is 3.62. The zero-order chi connectivity index (χ0) is 18.1. The second-order valence-corrected chi connectivity index (χ2v) is 8.33. The first-order valence-corrected chi connectivity index (χ1v) is 10.1. The summed E-state index contributed by atoms with van der Waals surface area (Å²) >= 11 is 7.65. The van der Waals surface area contributed by atoms with Crippen molar-refractivity contribution in [2.75, 3.05) is 11.9 Å². The zero-order valence-electron chi connectivity index (χ0n) is 14.3. The van der Waals surface area contributed by atoms with E-state index in [2.05, 4.69) is 10.3 Å². The number of anilines is 1. The van der Waals surface area contributed by atoms with Crippen LogP contribution in [0, 0.1) is 5.92 Å². The lowest BCUT2D eigenvalue weighted by molar-refractivity contribution is -0.131. The number of nitrogens with one attached hydrogen (secondary N) is 1. The van der Waals surface area contributed by atoms with Crippen molar-refractivity contribution in [3.63, 3.8) is 0 Å². The molecule has 0 spiro atoms. The first kappa shape index (κ1) is 17.5. The second-order valence-electron chi connectivity index (χ2n) is 6.84. The molecule has 26 heavy (non-hydrogen) atoms. The second kappa shape index (κ2) is 7.37. The number of rotatable bonds is 4. The quantitative estimate of drug-likeness (QED) is 0.867. The summed E-state index contributed by atoms with van der Waals surface area (Å²) in [4.78, 5) is 32.2. The van der Waals surface area contributed by atoms with Crippen molar-refractivity contribution in [2.45, 2.75) is 38.6 Å². The number of hydrogen-bond donors (Lipinski definition) is 1. The molecule has 2 aliphatic rings. The summed E-state index contributed by atoms with van der Waals surface area (Å²) in [6.45, 7) is 1.20. The minimum absolute atomic E-state index is 0.0669. The van der Waals surface area contributed by atoms with Crippen LogP contribution in [0.2, 0.25) is 5.02 Å². The predicted molar refractivity (Wildman–Crippen MR) is 102 cm³/mol. The van der Waals surface area contributed by atoms with Crippen LogP contribution in [0.25, 0.3) is 0 Å². The number of thiazole rings is 1. The molecule has 0 radical (unpaired) electrons. The van der Waals surface area contributed by atoms with E-state index in [9.17, 15) is 9.59 Å². The van der Waals surface area contributed by atoms with Gasteiger partial charge in [0.2, 0.25) is 11.8 Å². The number of aromatic nitrogens is 1. The number of carbonyl (C=O) groups excluding carboxylic acids is 2. The molecule has 0 unspecified atom stereocenters. The minimum atomic E-state index is 0.0669. The van der Waals surface area contributed by atoms with Crippen LogP contribution in [0.1, 0.15) is 35.4 Å². The molecule has 2 amide bonds. The molecular weight excluding hydrogens is 370 g/mol. The lowest BCUT2D eigenvalue weighted by Gasteiger charge is -2.26. The molecule has 0 bridgehead atoms. The Morgan fingerprint density at radius 1 is 1.31 bits per heavy atom. The summed E-state index contributed by atoms with van der Waals surface area (Å²) in [5.74, 6) is 0.288. The van der Waals surface area contributed by atoms with Gasteiger partial charge in [0.1, 0.15) is 0 Å². The minimum Gasteiger partial charge on any atom is -0.337 e. The molecule has 136 valence electrons. The Morgan fingerprint density at radius 3 is 2.85 bits per heavy atom. The normalized spacial score (nSPS) is 16.7. The van der Waals surface area contributed by atoms with Crippen LogP contribution in [0.15, 0.2) is 24.3 Å². The lowest BCUT2D eigenvalue weighted by Crippen LogP contribution is -2.36. The lowest BCUT2D eigenvalue weighted by atomic mass is 9.85. The molecule has 1 aliphatic carbocycles. The van der Waals surface area contributed by atoms with Gasteiger partial charge in [0.25, 0.3) is 0 Å². The van der Waals surface area contributed by atoms with E-state index in [4.69, 9.17) is 11.6 Å². The monoisotopic (exact) mass is 389 g/mol. The fourth-order valence-electron chi connectivity index (χ4n) is 3.26. The van der Waals surface area contributed by atoms with E-state index in [0.29, 0.717) is 29.7 Å². The summed E-state index contributed by atoms with van der Waals surface area (Å²) in [6, 6.07) is 7.44. The number of fused-ring (bicyclic) bond motifs is 1. The van der Waals surface area contributed by atoms with Crippen LogP contribution in [0.3, 0.4) is 0 Å². The van der Waals surface area contributed by atoms with E-state index in [1.54, 1.807) is 6.07 Å². The molecule has 1 N–H and O–H groups in total. The van der Waals surface area contributed by atoms with Gasteiger partial charge in [0.15, 0.2) is 5.13 Å². The molecule has 2 heterocycles. The van der Waals surface area contributed by atoms with Crippen molar-refractivity contribution >= 4 is 39.9 Å². The first-order valence-electron chi connectivity index (χ1n) is 8.91. The summed E-state index contributed by atoms with van der Waals surface area (Å²) in [5, 5.41) is 4.22. The number of benzene rings is 1. The zero-order valence-corrected chi connectivity index (χ0v) is 15.9. The molecular formula is C19H20ClN3O2S. The van der Waals surface area contributed by atoms with Crippen LogP contribution in [0.4, 0.5) is 5.13 Å². The van der Waals surface area contributed by atoms with E-state index < -0.39 is 0 Å². The molecule has 1 saturated carbocycles. The van der Waals surface area contributed by atoms with Gasteiger partial charge in [-0.3, -0.25) is 9.59 Å². The molecule has 1 fully saturated rings. The van der Waals surface area contributed by atoms with Gasteiger partial charge in [-0.05, 0) is 24.5 Å². The first-order chi connectivity index (χ1) is 12.6. The Labute approximate surface area is 161 Å².